The molecule has 0 spiro atoms. The number of sulfone groups is 1. The van der Waals surface area contributed by atoms with Gasteiger partial charge in [-0.1, -0.05) is 0 Å². The Labute approximate surface area is 124 Å². The van der Waals surface area contributed by atoms with Gasteiger partial charge in [-0.15, -0.1) is 0 Å². The maximum Gasteiger partial charge on any atom is 0.246 e. The molecule has 10 heteroatoms. The number of aryl methyl sites for hydroxylation is 1. The minimum Gasteiger partial charge on any atom is -0.396 e. The Morgan fingerprint density at radius 2 is 2.24 bits per heavy atom. The van der Waals surface area contributed by atoms with E-state index in [1.807, 2.05) is 0 Å². The molecule has 0 radical (unpaired) electrons. The zero-order valence-corrected chi connectivity index (χ0v) is 13.3. The standard InChI is InChI=1S/C11H19N3O5S2/c1-13(10-3-6-20(16,17)9-10)21(18,19)11-7-12-14(8-11)4-2-5-15/h7-8,10,15H,2-6,9H2,1H3. The Hall–Kier alpha value is -0.970. The lowest BCUT2D eigenvalue weighted by Crippen LogP contribution is -2.37. The number of rotatable bonds is 6. The van der Waals surface area contributed by atoms with Crippen LogP contribution in [0.3, 0.4) is 0 Å². The highest BCUT2D eigenvalue weighted by molar-refractivity contribution is 7.92. The van der Waals surface area contributed by atoms with Gasteiger partial charge >= 0.3 is 0 Å². The molecule has 0 amide bonds. The van der Waals surface area contributed by atoms with Crippen molar-refractivity contribution < 1.29 is 21.9 Å². The summed E-state index contributed by atoms with van der Waals surface area (Å²) in [5.74, 6) is -0.116. The molecule has 1 unspecified atom stereocenters. The molecule has 8 nitrogen and oxygen atoms in total. The summed E-state index contributed by atoms with van der Waals surface area (Å²) in [6.45, 7) is 0.426. The molecule has 21 heavy (non-hydrogen) atoms. The number of aliphatic hydroxyl groups excluding tert-OH is 1. The van der Waals surface area contributed by atoms with Crippen LogP contribution in [0.1, 0.15) is 12.8 Å². The van der Waals surface area contributed by atoms with Crippen LogP contribution in [-0.4, -0.2) is 67.2 Å². The van der Waals surface area contributed by atoms with Gasteiger partial charge in [-0.25, -0.2) is 16.8 Å². The summed E-state index contributed by atoms with van der Waals surface area (Å²) >= 11 is 0. The number of nitrogens with zero attached hydrogens (tertiary/aromatic N) is 3. The van der Waals surface area contributed by atoms with E-state index in [9.17, 15) is 16.8 Å². The first-order chi connectivity index (χ1) is 9.76. The van der Waals surface area contributed by atoms with E-state index >= 15 is 0 Å². The van der Waals surface area contributed by atoms with Crippen LogP contribution in [0.15, 0.2) is 17.3 Å². The van der Waals surface area contributed by atoms with Gasteiger partial charge in [-0.05, 0) is 12.8 Å². The largest absolute Gasteiger partial charge is 0.396 e. The van der Waals surface area contributed by atoms with Gasteiger partial charge in [0.05, 0.1) is 17.7 Å². The lowest BCUT2D eigenvalue weighted by Gasteiger charge is -2.21. The number of aliphatic hydroxyl groups is 1. The predicted octanol–water partition coefficient (Wildman–Crippen LogP) is -0.927. The molecule has 0 aromatic carbocycles. The highest BCUT2D eigenvalue weighted by Gasteiger charge is 2.36. The van der Waals surface area contributed by atoms with Crippen molar-refractivity contribution in [1.82, 2.24) is 14.1 Å². The highest BCUT2D eigenvalue weighted by Crippen LogP contribution is 2.23. The predicted molar refractivity (Wildman–Crippen MR) is 75.9 cm³/mol. The summed E-state index contributed by atoms with van der Waals surface area (Å²) in [6, 6.07) is -0.527. The molecular weight excluding hydrogens is 318 g/mol. The Bertz CT molecular complexity index is 695. The van der Waals surface area contributed by atoms with E-state index in [2.05, 4.69) is 5.10 Å². The monoisotopic (exact) mass is 337 g/mol. The lowest BCUT2D eigenvalue weighted by molar-refractivity contribution is 0.277. The molecule has 1 fully saturated rings. The second-order valence-electron chi connectivity index (χ2n) is 5.09. The topological polar surface area (TPSA) is 110 Å². The van der Waals surface area contributed by atoms with Crippen LogP contribution in [0.4, 0.5) is 0 Å². The second-order valence-corrected chi connectivity index (χ2v) is 9.32. The molecule has 1 aliphatic heterocycles. The van der Waals surface area contributed by atoms with Crippen LogP contribution in [0.2, 0.25) is 0 Å². The van der Waals surface area contributed by atoms with Crippen LogP contribution in [0.25, 0.3) is 0 Å². The zero-order valence-electron chi connectivity index (χ0n) is 11.7. The van der Waals surface area contributed by atoms with Crippen molar-refractivity contribution in [2.75, 3.05) is 25.2 Å². The third-order valence-corrected chi connectivity index (χ3v) is 7.17. The number of hydrogen-bond acceptors (Lipinski definition) is 6. The average Bonchev–Trinajstić information content (AvgIpc) is 3.02. The molecule has 2 heterocycles. The fourth-order valence-electron chi connectivity index (χ4n) is 2.26. The van der Waals surface area contributed by atoms with Crippen LogP contribution in [0.5, 0.6) is 0 Å². The van der Waals surface area contributed by atoms with E-state index in [0.29, 0.717) is 19.4 Å². The van der Waals surface area contributed by atoms with E-state index in [4.69, 9.17) is 5.11 Å². The summed E-state index contributed by atoms with van der Waals surface area (Å²) in [5.41, 5.74) is 0. The van der Waals surface area contributed by atoms with E-state index in [1.54, 1.807) is 0 Å². The van der Waals surface area contributed by atoms with Crippen LogP contribution < -0.4 is 0 Å². The number of aromatic nitrogens is 2. The highest BCUT2D eigenvalue weighted by atomic mass is 32.2. The fourth-order valence-corrected chi connectivity index (χ4v) is 5.47. The maximum absolute atomic E-state index is 12.4. The van der Waals surface area contributed by atoms with Gasteiger partial charge in [-0.3, -0.25) is 4.68 Å². The average molecular weight is 337 g/mol. The molecule has 1 aromatic heterocycles. The maximum atomic E-state index is 12.4. The van der Waals surface area contributed by atoms with Crippen LogP contribution in [-0.2, 0) is 26.4 Å². The lowest BCUT2D eigenvalue weighted by atomic mass is 10.3. The SMILES string of the molecule is CN(C1CCS(=O)(=O)C1)S(=O)(=O)c1cnn(CCCO)c1. The quantitative estimate of drug-likeness (QED) is 0.718. The molecular formula is C11H19N3O5S2. The summed E-state index contributed by atoms with van der Waals surface area (Å²) in [6.07, 6.45) is 3.44. The molecule has 1 N–H and O–H groups in total. The third-order valence-electron chi connectivity index (χ3n) is 3.55. The van der Waals surface area contributed by atoms with E-state index in [1.165, 1.54) is 24.1 Å². The Kier molecular flexibility index (Phi) is 4.71. The summed E-state index contributed by atoms with van der Waals surface area (Å²) in [7, 11) is -5.50. The van der Waals surface area contributed by atoms with Gasteiger partial charge in [0.2, 0.25) is 10.0 Å². The van der Waals surface area contributed by atoms with Crippen molar-refractivity contribution in [3.63, 3.8) is 0 Å². The first-order valence-corrected chi connectivity index (χ1v) is 9.84. The summed E-state index contributed by atoms with van der Waals surface area (Å²) < 4.78 is 50.4. The molecule has 0 aliphatic carbocycles. The first-order valence-electron chi connectivity index (χ1n) is 6.58. The number of sulfonamides is 1. The third kappa shape index (κ3) is 3.62. The van der Waals surface area contributed by atoms with Gasteiger partial charge < -0.3 is 5.11 Å². The molecule has 1 aliphatic rings. The van der Waals surface area contributed by atoms with Crippen molar-refractivity contribution in [3.05, 3.63) is 12.4 Å². The Balaban J connectivity index is 2.15. The molecule has 2 rings (SSSR count). The van der Waals surface area contributed by atoms with Crippen molar-refractivity contribution in [2.24, 2.45) is 0 Å². The van der Waals surface area contributed by atoms with Gasteiger partial charge in [0.25, 0.3) is 0 Å². The smallest absolute Gasteiger partial charge is 0.246 e. The van der Waals surface area contributed by atoms with Crippen molar-refractivity contribution in [2.45, 2.75) is 30.3 Å². The van der Waals surface area contributed by atoms with E-state index in [0.717, 1.165) is 4.31 Å². The van der Waals surface area contributed by atoms with Crippen molar-refractivity contribution >= 4 is 19.9 Å². The number of hydrogen-bond donors (Lipinski definition) is 1. The zero-order chi connectivity index (χ0) is 15.7. The molecule has 0 bridgehead atoms. The first kappa shape index (κ1) is 16.4. The van der Waals surface area contributed by atoms with Gasteiger partial charge in [0.1, 0.15) is 4.90 Å². The molecule has 120 valence electrons. The van der Waals surface area contributed by atoms with E-state index in [-0.39, 0.29) is 23.0 Å². The second kappa shape index (κ2) is 6.03. The molecule has 1 atom stereocenters. The Morgan fingerprint density at radius 1 is 1.52 bits per heavy atom. The van der Waals surface area contributed by atoms with E-state index < -0.39 is 25.9 Å². The van der Waals surface area contributed by atoms with Crippen molar-refractivity contribution in [3.8, 4) is 0 Å². The summed E-state index contributed by atoms with van der Waals surface area (Å²) in [5, 5.41) is 12.7. The molecule has 1 aromatic rings. The Morgan fingerprint density at radius 3 is 2.81 bits per heavy atom. The van der Waals surface area contributed by atoms with Crippen LogP contribution >= 0.6 is 0 Å². The van der Waals surface area contributed by atoms with Gasteiger partial charge in [-0.2, -0.15) is 9.40 Å². The van der Waals surface area contributed by atoms with Crippen molar-refractivity contribution in [1.29, 1.82) is 0 Å². The summed E-state index contributed by atoms with van der Waals surface area (Å²) in [4.78, 5) is 0.0345. The van der Waals surface area contributed by atoms with Gasteiger partial charge in [0.15, 0.2) is 9.84 Å². The molecule has 1 saturated heterocycles. The van der Waals surface area contributed by atoms with Crippen LogP contribution in [0, 0.1) is 0 Å². The minimum absolute atomic E-state index is 0.00177. The normalized spacial score (nSPS) is 22.0. The molecule has 0 saturated carbocycles. The van der Waals surface area contributed by atoms with Gasteiger partial charge in [0, 0.05) is 32.4 Å². The minimum atomic E-state index is -3.75. The fraction of sp³-hybridized carbons (Fsp3) is 0.727.